The average Bonchev–Trinajstić information content (AvgIpc) is 2.25. The van der Waals surface area contributed by atoms with E-state index in [1.807, 2.05) is 0 Å². The van der Waals surface area contributed by atoms with Gasteiger partial charge < -0.3 is 4.74 Å². The van der Waals surface area contributed by atoms with Gasteiger partial charge in [0.05, 0.1) is 13.5 Å². The number of alkyl halides is 3. The van der Waals surface area contributed by atoms with Crippen molar-refractivity contribution in [1.29, 1.82) is 0 Å². The predicted molar refractivity (Wildman–Crippen MR) is 49.6 cm³/mol. The smallest absolute Gasteiger partial charge is 0.433 e. The molecule has 16 heavy (non-hydrogen) atoms. The van der Waals surface area contributed by atoms with E-state index in [2.05, 4.69) is 9.72 Å². The molecule has 1 aromatic heterocycles. The van der Waals surface area contributed by atoms with Crippen LogP contribution >= 0.6 is 0 Å². The Morgan fingerprint density at radius 2 is 2.12 bits per heavy atom. The fourth-order valence-electron chi connectivity index (χ4n) is 1.11. The average molecular weight is 233 g/mol. The van der Waals surface area contributed by atoms with Crippen molar-refractivity contribution in [2.45, 2.75) is 19.0 Å². The molecule has 3 nitrogen and oxygen atoms in total. The van der Waals surface area contributed by atoms with Crippen LogP contribution in [0.25, 0.3) is 0 Å². The van der Waals surface area contributed by atoms with E-state index in [0.717, 1.165) is 6.07 Å². The zero-order valence-corrected chi connectivity index (χ0v) is 8.54. The Bertz CT molecular complexity index is 377. The first-order valence-corrected chi connectivity index (χ1v) is 4.53. The third-order valence-electron chi connectivity index (χ3n) is 1.91. The van der Waals surface area contributed by atoms with E-state index in [0.29, 0.717) is 0 Å². The molecule has 0 saturated heterocycles. The number of nitrogens with zero attached hydrogens (tertiary/aromatic N) is 1. The number of aryl methyl sites for hydroxylation is 1. The number of ether oxygens (including phenoxy) is 1. The monoisotopic (exact) mass is 233 g/mol. The van der Waals surface area contributed by atoms with Crippen molar-refractivity contribution in [1.82, 2.24) is 4.98 Å². The molecule has 0 aliphatic rings. The molecule has 1 aromatic rings. The summed E-state index contributed by atoms with van der Waals surface area (Å²) in [6, 6.07) is 3.60. The first kappa shape index (κ1) is 12.5. The number of esters is 1. The second-order valence-electron chi connectivity index (χ2n) is 3.09. The molecule has 1 heterocycles. The van der Waals surface area contributed by atoms with Gasteiger partial charge in [0.1, 0.15) is 5.69 Å². The maximum Gasteiger partial charge on any atom is 0.433 e. The minimum atomic E-state index is -4.46. The Morgan fingerprint density at radius 3 is 2.69 bits per heavy atom. The highest BCUT2D eigenvalue weighted by atomic mass is 19.4. The van der Waals surface area contributed by atoms with Crippen LogP contribution in [0.2, 0.25) is 0 Å². The number of halogens is 3. The molecule has 0 radical (unpaired) electrons. The molecule has 0 bridgehead atoms. The summed E-state index contributed by atoms with van der Waals surface area (Å²) in [6.07, 6.45) is -4.30. The van der Waals surface area contributed by atoms with Crippen LogP contribution in [0.3, 0.4) is 0 Å². The largest absolute Gasteiger partial charge is 0.469 e. The van der Waals surface area contributed by atoms with Crippen LogP contribution in [0.1, 0.15) is 17.8 Å². The first-order valence-electron chi connectivity index (χ1n) is 4.53. The number of methoxy groups -OCH3 is 1. The highest BCUT2D eigenvalue weighted by Gasteiger charge is 2.32. The molecule has 0 fully saturated rings. The number of rotatable bonds is 3. The molecule has 0 N–H and O–H groups in total. The van der Waals surface area contributed by atoms with Crippen molar-refractivity contribution in [3.63, 3.8) is 0 Å². The zero-order valence-electron chi connectivity index (χ0n) is 8.54. The Kier molecular flexibility index (Phi) is 3.87. The second-order valence-corrected chi connectivity index (χ2v) is 3.09. The van der Waals surface area contributed by atoms with Gasteiger partial charge in [-0.3, -0.25) is 4.79 Å². The molecule has 88 valence electrons. The third kappa shape index (κ3) is 3.52. The SMILES string of the molecule is COC(=O)CCc1cccc(C(F)(F)F)n1. The molecule has 0 atom stereocenters. The van der Waals surface area contributed by atoms with Crippen LogP contribution in [0, 0.1) is 0 Å². The summed E-state index contributed by atoms with van der Waals surface area (Å²) in [5.41, 5.74) is -0.727. The number of hydrogen-bond donors (Lipinski definition) is 0. The summed E-state index contributed by atoms with van der Waals surface area (Å²) in [4.78, 5) is 14.2. The van der Waals surface area contributed by atoms with E-state index in [4.69, 9.17) is 0 Å². The summed E-state index contributed by atoms with van der Waals surface area (Å²) in [5.74, 6) is -0.473. The van der Waals surface area contributed by atoms with Crippen molar-refractivity contribution in [3.05, 3.63) is 29.6 Å². The quantitative estimate of drug-likeness (QED) is 0.751. The van der Waals surface area contributed by atoms with Gasteiger partial charge in [0.25, 0.3) is 0 Å². The minimum absolute atomic E-state index is 0.0187. The highest BCUT2D eigenvalue weighted by molar-refractivity contribution is 5.69. The van der Waals surface area contributed by atoms with Gasteiger partial charge in [-0.1, -0.05) is 6.07 Å². The van der Waals surface area contributed by atoms with Gasteiger partial charge in [-0.2, -0.15) is 13.2 Å². The number of carbonyl (C=O) groups excluding carboxylic acids is 1. The van der Waals surface area contributed by atoms with Gasteiger partial charge in [0.2, 0.25) is 0 Å². The Morgan fingerprint density at radius 1 is 1.44 bits per heavy atom. The fraction of sp³-hybridized carbons (Fsp3) is 0.400. The molecule has 6 heteroatoms. The summed E-state index contributed by atoms with van der Waals surface area (Å²) in [7, 11) is 1.22. The van der Waals surface area contributed by atoms with Gasteiger partial charge in [-0.25, -0.2) is 4.98 Å². The number of aromatic nitrogens is 1. The van der Waals surface area contributed by atoms with Gasteiger partial charge in [0.15, 0.2) is 0 Å². The molecular formula is C10H10F3NO2. The van der Waals surface area contributed by atoms with Crippen molar-refractivity contribution >= 4 is 5.97 Å². The van der Waals surface area contributed by atoms with Crippen molar-refractivity contribution in [2.24, 2.45) is 0 Å². The van der Waals surface area contributed by atoms with Gasteiger partial charge in [-0.15, -0.1) is 0 Å². The van der Waals surface area contributed by atoms with Gasteiger partial charge in [0, 0.05) is 12.1 Å². The fourth-order valence-corrected chi connectivity index (χ4v) is 1.11. The van der Waals surface area contributed by atoms with Crippen molar-refractivity contribution < 1.29 is 22.7 Å². The van der Waals surface area contributed by atoms with Crippen LogP contribution in [-0.2, 0) is 22.1 Å². The molecule has 0 amide bonds. The summed E-state index contributed by atoms with van der Waals surface area (Å²) < 4.78 is 41.2. The summed E-state index contributed by atoms with van der Waals surface area (Å²) in [6.45, 7) is 0. The predicted octanol–water partition coefficient (Wildman–Crippen LogP) is 2.21. The third-order valence-corrected chi connectivity index (χ3v) is 1.91. The molecule has 1 rings (SSSR count). The van der Waals surface area contributed by atoms with E-state index >= 15 is 0 Å². The van der Waals surface area contributed by atoms with Gasteiger partial charge >= 0.3 is 12.1 Å². The van der Waals surface area contributed by atoms with E-state index in [1.54, 1.807) is 0 Å². The van der Waals surface area contributed by atoms with Gasteiger partial charge in [-0.05, 0) is 12.1 Å². The molecule has 0 aliphatic carbocycles. The highest BCUT2D eigenvalue weighted by Crippen LogP contribution is 2.27. The topological polar surface area (TPSA) is 39.2 Å². The van der Waals surface area contributed by atoms with Crippen molar-refractivity contribution in [3.8, 4) is 0 Å². The lowest BCUT2D eigenvalue weighted by molar-refractivity contribution is -0.141. The van der Waals surface area contributed by atoms with Crippen LogP contribution in [0.15, 0.2) is 18.2 Å². The Balaban J connectivity index is 2.72. The minimum Gasteiger partial charge on any atom is -0.469 e. The lowest BCUT2D eigenvalue weighted by Crippen LogP contribution is -2.10. The van der Waals surface area contributed by atoms with Crippen LogP contribution < -0.4 is 0 Å². The molecule has 0 spiro atoms. The second kappa shape index (κ2) is 4.96. The lowest BCUT2D eigenvalue weighted by Gasteiger charge is -2.07. The maximum absolute atomic E-state index is 12.3. The van der Waals surface area contributed by atoms with E-state index < -0.39 is 17.8 Å². The van der Waals surface area contributed by atoms with Crippen LogP contribution in [0.5, 0.6) is 0 Å². The lowest BCUT2D eigenvalue weighted by atomic mass is 10.2. The van der Waals surface area contributed by atoms with Crippen LogP contribution in [0.4, 0.5) is 13.2 Å². The summed E-state index contributed by atoms with van der Waals surface area (Å²) >= 11 is 0. The van der Waals surface area contributed by atoms with Crippen molar-refractivity contribution in [2.75, 3.05) is 7.11 Å². The van der Waals surface area contributed by atoms with E-state index in [1.165, 1.54) is 19.2 Å². The molecule has 0 aromatic carbocycles. The van der Waals surface area contributed by atoms with Crippen LogP contribution in [-0.4, -0.2) is 18.1 Å². The number of hydrogen-bond acceptors (Lipinski definition) is 3. The standard InChI is InChI=1S/C10H10F3NO2/c1-16-9(15)6-5-7-3-2-4-8(14-7)10(11,12)13/h2-4H,5-6H2,1H3. The zero-order chi connectivity index (χ0) is 12.2. The van der Waals surface area contributed by atoms with E-state index in [-0.39, 0.29) is 18.5 Å². The molecular weight excluding hydrogens is 223 g/mol. The Hall–Kier alpha value is -1.59. The number of carbonyl (C=O) groups is 1. The number of pyridine rings is 1. The summed E-state index contributed by atoms with van der Waals surface area (Å²) in [5, 5.41) is 0. The first-order chi connectivity index (χ1) is 7.43. The maximum atomic E-state index is 12.3. The molecule has 0 saturated carbocycles. The normalized spacial score (nSPS) is 11.2. The van der Waals surface area contributed by atoms with E-state index in [9.17, 15) is 18.0 Å². The molecule has 0 unspecified atom stereocenters. The Labute approximate surface area is 90.2 Å². The molecule has 0 aliphatic heterocycles.